The Bertz CT molecular complexity index is 1240. The van der Waals surface area contributed by atoms with E-state index in [-0.39, 0.29) is 77.0 Å². The Kier molecular flexibility index (Phi) is 13.0. The molecule has 2 unspecified atom stereocenters. The number of piperidine rings is 1. The molecule has 1 amide bonds. The molecule has 0 aromatic rings. The molecule has 6 nitrogen and oxygen atoms in total. The molecular weight excluding hydrogens is 607 g/mol. The molecule has 0 N–H and O–H groups in total. The van der Waals surface area contributed by atoms with Crippen LogP contribution in [0.25, 0.3) is 0 Å². The number of rotatable bonds is 17. The Balaban J connectivity index is 1.83. The molecule has 0 aromatic heterocycles. The molecule has 3 fully saturated rings. The van der Waals surface area contributed by atoms with E-state index in [1.165, 1.54) is 6.42 Å². The SMILES string of the molecule is C#CCCC(CC(=O)[C@@H]1[C@@H]2C(CN1C(=O)[C@@H](CC(=O)CC1(CSC(C)(C)C)CCCCC1)C(C)(C)C)C2(C)C)C(=O)C(=O)CCC=C. The number of Topliss-reactive ketones (excluding diaryl/α,β-unsaturated/α-hetero) is 4. The maximum absolute atomic E-state index is 14.5. The van der Waals surface area contributed by atoms with E-state index in [9.17, 15) is 24.0 Å². The van der Waals surface area contributed by atoms with Crippen LogP contribution in [0.1, 0.15) is 132 Å². The average Bonchev–Trinajstić information content (AvgIpc) is 3.29. The number of carbonyl (C=O) groups excluding carboxylic acids is 5. The molecule has 1 heterocycles. The van der Waals surface area contributed by atoms with Gasteiger partial charge in [0.05, 0.1) is 6.04 Å². The van der Waals surface area contributed by atoms with Gasteiger partial charge in [-0.05, 0) is 59.5 Å². The van der Waals surface area contributed by atoms with Crippen LogP contribution in [0.5, 0.6) is 0 Å². The number of carbonyl (C=O) groups is 5. The molecule has 3 rings (SSSR count). The smallest absolute Gasteiger partial charge is 0.227 e. The van der Waals surface area contributed by atoms with Gasteiger partial charge in [0, 0.05) is 55.2 Å². The first-order valence-electron chi connectivity index (χ1n) is 17.9. The van der Waals surface area contributed by atoms with Crippen molar-refractivity contribution in [1.82, 2.24) is 4.90 Å². The van der Waals surface area contributed by atoms with Crippen molar-refractivity contribution in [2.75, 3.05) is 12.3 Å². The summed E-state index contributed by atoms with van der Waals surface area (Å²) in [7, 11) is 0. The highest BCUT2D eigenvalue weighted by atomic mass is 32.2. The third-order valence-corrected chi connectivity index (χ3v) is 12.8. The van der Waals surface area contributed by atoms with E-state index in [1.807, 2.05) is 32.5 Å². The van der Waals surface area contributed by atoms with Crippen molar-refractivity contribution in [3.63, 3.8) is 0 Å². The molecule has 3 aliphatic rings. The van der Waals surface area contributed by atoms with Crippen molar-refractivity contribution in [2.45, 2.75) is 143 Å². The minimum atomic E-state index is -0.800. The predicted molar refractivity (Wildman–Crippen MR) is 192 cm³/mol. The van der Waals surface area contributed by atoms with Gasteiger partial charge in [0.2, 0.25) is 11.7 Å². The molecule has 262 valence electrons. The van der Waals surface area contributed by atoms with Gasteiger partial charge in [-0.25, -0.2) is 0 Å². The van der Waals surface area contributed by atoms with Gasteiger partial charge in [-0.15, -0.1) is 18.9 Å². The molecule has 5 atom stereocenters. The quantitative estimate of drug-likeness (QED) is 0.0886. The lowest BCUT2D eigenvalue weighted by atomic mass is 9.70. The maximum atomic E-state index is 14.5. The van der Waals surface area contributed by atoms with E-state index < -0.39 is 34.9 Å². The van der Waals surface area contributed by atoms with Crippen LogP contribution in [-0.2, 0) is 24.0 Å². The molecule has 0 radical (unpaired) electrons. The fourth-order valence-corrected chi connectivity index (χ4v) is 9.27. The van der Waals surface area contributed by atoms with E-state index in [1.54, 1.807) is 11.0 Å². The first-order chi connectivity index (χ1) is 21.8. The number of likely N-dealkylation sites (tertiary alicyclic amines) is 1. The van der Waals surface area contributed by atoms with Crippen molar-refractivity contribution in [2.24, 2.45) is 39.9 Å². The normalized spacial score (nSPS) is 24.4. The summed E-state index contributed by atoms with van der Waals surface area (Å²) in [5.74, 6) is 1.08. The summed E-state index contributed by atoms with van der Waals surface area (Å²) in [5, 5.41) is 0. The molecule has 0 spiro atoms. The number of thioether (sulfide) groups is 1. The predicted octanol–water partition coefficient (Wildman–Crippen LogP) is 8.06. The van der Waals surface area contributed by atoms with Gasteiger partial charge >= 0.3 is 0 Å². The zero-order valence-electron chi connectivity index (χ0n) is 30.5. The van der Waals surface area contributed by atoms with E-state index in [2.05, 4.69) is 47.1 Å². The van der Waals surface area contributed by atoms with Crippen molar-refractivity contribution in [3.8, 4) is 12.3 Å². The number of allylic oxidation sites excluding steroid dienone is 1. The molecule has 0 aromatic carbocycles. The lowest BCUT2D eigenvalue weighted by Crippen LogP contribution is -2.51. The summed E-state index contributed by atoms with van der Waals surface area (Å²) in [5.41, 5.74) is -0.606. The van der Waals surface area contributed by atoms with Crippen LogP contribution in [0, 0.1) is 52.3 Å². The van der Waals surface area contributed by atoms with Crippen molar-refractivity contribution >= 4 is 40.8 Å². The monoisotopic (exact) mass is 667 g/mol. The van der Waals surface area contributed by atoms with Gasteiger partial charge in [-0.1, -0.05) is 80.7 Å². The summed E-state index contributed by atoms with van der Waals surface area (Å²) in [6.45, 7) is 21.1. The lowest BCUT2D eigenvalue weighted by Gasteiger charge is -2.40. The van der Waals surface area contributed by atoms with Gasteiger partial charge in [-0.2, -0.15) is 11.8 Å². The molecule has 1 saturated heterocycles. The highest BCUT2D eigenvalue weighted by Gasteiger charge is 2.69. The second-order valence-corrected chi connectivity index (χ2v) is 19.2. The highest BCUT2D eigenvalue weighted by molar-refractivity contribution is 8.00. The first-order valence-corrected chi connectivity index (χ1v) is 18.9. The minimum Gasteiger partial charge on any atom is -0.332 e. The molecule has 1 aliphatic heterocycles. The largest absolute Gasteiger partial charge is 0.332 e. The van der Waals surface area contributed by atoms with Crippen LogP contribution in [0.2, 0.25) is 0 Å². The van der Waals surface area contributed by atoms with E-state index in [0.717, 1.165) is 31.4 Å². The summed E-state index contributed by atoms with van der Waals surface area (Å²) in [4.78, 5) is 70.2. The molecule has 0 bridgehead atoms. The third kappa shape index (κ3) is 9.93. The van der Waals surface area contributed by atoms with Gasteiger partial charge in [0.1, 0.15) is 5.78 Å². The van der Waals surface area contributed by atoms with Gasteiger partial charge < -0.3 is 4.90 Å². The Morgan fingerprint density at radius 1 is 1.02 bits per heavy atom. The number of nitrogens with zero attached hydrogens (tertiary/aromatic N) is 1. The fraction of sp³-hybridized carbons (Fsp3) is 0.775. The molecule has 47 heavy (non-hydrogen) atoms. The van der Waals surface area contributed by atoms with Crippen LogP contribution in [0.4, 0.5) is 0 Å². The van der Waals surface area contributed by atoms with Crippen molar-refractivity contribution in [3.05, 3.63) is 12.7 Å². The zero-order chi connectivity index (χ0) is 35.4. The standard InChI is InChI=1S/C40H61NO5S/c1-11-13-18-27(35(45)31(43)19-14-12-2)22-32(44)34-33-30(39(33,9)10)25-41(34)36(46)29(37(3,4)5)23-28(42)24-40(20-16-15-17-21-40)26-47-38(6,7)8/h1,12,27,29-30,33-34H,2,13-26H2,3-10H3/t27?,29-,30?,33+,34-/m1/s1. The second kappa shape index (κ2) is 15.6. The van der Waals surface area contributed by atoms with Crippen LogP contribution >= 0.6 is 11.8 Å². The zero-order valence-corrected chi connectivity index (χ0v) is 31.4. The summed E-state index contributed by atoms with van der Waals surface area (Å²) >= 11 is 1.93. The van der Waals surface area contributed by atoms with E-state index >= 15 is 0 Å². The van der Waals surface area contributed by atoms with Crippen molar-refractivity contribution < 1.29 is 24.0 Å². The maximum Gasteiger partial charge on any atom is 0.227 e. The van der Waals surface area contributed by atoms with Crippen molar-refractivity contribution in [1.29, 1.82) is 0 Å². The average molecular weight is 668 g/mol. The van der Waals surface area contributed by atoms with E-state index in [0.29, 0.717) is 19.4 Å². The van der Waals surface area contributed by atoms with Gasteiger partial charge in [0.25, 0.3) is 0 Å². The topological polar surface area (TPSA) is 88.6 Å². The Morgan fingerprint density at radius 3 is 2.21 bits per heavy atom. The number of fused-ring (bicyclic) bond motifs is 1. The van der Waals surface area contributed by atoms with Gasteiger partial charge in [-0.3, -0.25) is 24.0 Å². The number of hydrogen-bond acceptors (Lipinski definition) is 6. The highest BCUT2D eigenvalue weighted by Crippen LogP contribution is 2.65. The molecule has 7 heteroatoms. The number of terminal acetylenes is 1. The van der Waals surface area contributed by atoms with Crippen LogP contribution in [0.15, 0.2) is 12.7 Å². The van der Waals surface area contributed by atoms with Crippen LogP contribution in [-0.4, -0.2) is 57.0 Å². The lowest BCUT2D eigenvalue weighted by molar-refractivity contribution is -0.148. The first kappa shape index (κ1) is 39.2. The summed E-state index contributed by atoms with van der Waals surface area (Å²) in [6, 6.07) is -0.667. The molecular formula is C40H61NO5S. The van der Waals surface area contributed by atoms with E-state index in [4.69, 9.17) is 6.42 Å². The summed E-state index contributed by atoms with van der Waals surface area (Å²) in [6.07, 6.45) is 14.2. The number of ketones is 4. The van der Waals surface area contributed by atoms with Gasteiger partial charge in [0.15, 0.2) is 11.6 Å². The molecule has 2 saturated carbocycles. The Labute approximate surface area is 289 Å². The molecule has 2 aliphatic carbocycles. The number of hydrogen-bond donors (Lipinski definition) is 0. The third-order valence-electron chi connectivity index (χ3n) is 11.2. The second-order valence-electron chi connectivity index (χ2n) is 17.4. The number of amides is 1. The van der Waals surface area contributed by atoms with Crippen LogP contribution < -0.4 is 0 Å². The Morgan fingerprint density at radius 2 is 1.66 bits per heavy atom. The van der Waals surface area contributed by atoms with Crippen LogP contribution in [0.3, 0.4) is 0 Å². The fourth-order valence-electron chi connectivity index (χ4n) is 8.14. The summed E-state index contributed by atoms with van der Waals surface area (Å²) < 4.78 is 0.118. The Hall–Kier alpha value is -2.20. The minimum absolute atomic E-state index is 0.00458.